The van der Waals surface area contributed by atoms with Gasteiger partial charge in [0.2, 0.25) is 0 Å². The Morgan fingerprint density at radius 2 is 1.83 bits per heavy atom. The summed E-state index contributed by atoms with van der Waals surface area (Å²) in [6.07, 6.45) is -3.98. The van der Waals surface area contributed by atoms with Crippen molar-refractivity contribution in [2.75, 3.05) is 0 Å². The van der Waals surface area contributed by atoms with Crippen LogP contribution in [0.2, 0.25) is 0 Å². The van der Waals surface area contributed by atoms with Gasteiger partial charge in [0.05, 0.1) is 16.8 Å². The van der Waals surface area contributed by atoms with Gasteiger partial charge in [-0.2, -0.15) is 27.2 Å². The van der Waals surface area contributed by atoms with Crippen LogP contribution in [0.5, 0.6) is 5.75 Å². The van der Waals surface area contributed by atoms with Crippen molar-refractivity contribution in [3.05, 3.63) is 41.0 Å². The van der Waals surface area contributed by atoms with Crippen LogP contribution in [-0.4, -0.2) is 22.3 Å². The summed E-state index contributed by atoms with van der Waals surface area (Å²) in [6.45, 7) is 2.52. The lowest BCUT2D eigenvalue weighted by molar-refractivity contribution is -0.211. The first-order valence-electron chi connectivity index (χ1n) is 9.10. The van der Waals surface area contributed by atoms with E-state index in [2.05, 4.69) is 9.72 Å². The number of hydrogen-bond acceptors (Lipinski definition) is 3. The van der Waals surface area contributed by atoms with Crippen molar-refractivity contribution in [1.82, 2.24) is 9.55 Å². The third-order valence-corrected chi connectivity index (χ3v) is 4.67. The largest absolute Gasteiger partial charge is 0.433 e. The topological polar surface area (TPSA) is 50.8 Å². The number of aryl methyl sites for hydroxylation is 2. The van der Waals surface area contributed by atoms with Crippen LogP contribution in [0, 0.1) is 16.7 Å². The molecule has 9 heteroatoms. The summed E-state index contributed by atoms with van der Waals surface area (Å²) in [5.74, 6) is 0.169. The normalized spacial score (nSPS) is 12.3. The van der Waals surface area contributed by atoms with E-state index in [1.165, 1.54) is 22.8 Å². The third-order valence-electron chi connectivity index (χ3n) is 4.67. The Hall–Kier alpha value is -2.63. The van der Waals surface area contributed by atoms with E-state index in [1.807, 2.05) is 13.0 Å². The predicted octanol–water partition coefficient (Wildman–Crippen LogP) is 5.60. The van der Waals surface area contributed by atoms with Crippen molar-refractivity contribution in [3.63, 3.8) is 0 Å². The molecular formula is C20H22F5N3O. The van der Waals surface area contributed by atoms with E-state index in [4.69, 9.17) is 0 Å². The van der Waals surface area contributed by atoms with Crippen LogP contribution >= 0.6 is 0 Å². The summed E-state index contributed by atoms with van der Waals surface area (Å²) in [6, 6.07) is 6.01. The molecule has 4 nitrogen and oxygen atoms in total. The van der Waals surface area contributed by atoms with E-state index in [1.54, 1.807) is 6.92 Å². The Kier molecular flexibility index (Phi) is 6.56. The van der Waals surface area contributed by atoms with E-state index < -0.39 is 24.6 Å². The van der Waals surface area contributed by atoms with E-state index in [0.717, 1.165) is 13.8 Å². The first kappa shape index (κ1) is 22.7. The number of benzene rings is 1. The third kappa shape index (κ3) is 4.69. The zero-order chi connectivity index (χ0) is 22.0. The van der Waals surface area contributed by atoms with Crippen LogP contribution in [0.3, 0.4) is 0 Å². The minimum absolute atomic E-state index is 0.138. The molecule has 0 aliphatic heterocycles. The van der Waals surface area contributed by atoms with Gasteiger partial charge in [0.25, 0.3) is 0 Å². The number of aromatic nitrogens is 2. The zero-order valence-corrected chi connectivity index (χ0v) is 16.6. The molecule has 0 saturated heterocycles. The van der Waals surface area contributed by atoms with Crippen LogP contribution in [0.4, 0.5) is 22.0 Å². The zero-order valence-electron chi connectivity index (χ0n) is 16.6. The Morgan fingerprint density at radius 1 is 1.17 bits per heavy atom. The molecule has 0 bridgehead atoms. The van der Waals surface area contributed by atoms with Gasteiger partial charge < -0.3 is 4.74 Å². The quantitative estimate of drug-likeness (QED) is 0.553. The molecule has 0 aliphatic rings. The number of hydrogen-bond donors (Lipinski definition) is 0. The molecule has 0 radical (unpaired) electrons. The molecule has 2 rings (SSSR count). The maximum atomic E-state index is 13.2. The number of rotatable bonds is 7. The van der Waals surface area contributed by atoms with E-state index >= 15 is 0 Å². The fourth-order valence-corrected chi connectivity index (χ4v) is 3.03. The van der Waals surface area contributed by atoms with Gasteiger partial charge in [0, 0.05) is 6.42 Å². The number of nitrogens with zero attached hydrogens (tertiary/aromatic N) is 3. The number of halogens is 5. The molecule has 0 saturated carbocycles. The molecule has 0 unspecified atom stereocenters. The van der Waals surface area contributed by atoms with Crippen molar-refractivity contribution in [1.29, 1.82) is 5.26 Å². The fraction of sp³-hybridized carbons (Fsp3) is 0.500. The Balaban J connectivity index is 2.63. The highest BCUT2D eigenvalue weighted by molar-refractivity contribution is 5.53. The Bertz CT molecular complexity index is 910. The second kappa shape index (κ2) is 8.39. The number of imidazole rings is 1. The average Bonchev–Trinajstić information content (AvgIpc) is 2.97. The molecule has 0 fully saturated rings. The van der Waals surface area contributed by atoms with Crippen LogP contribution in [0.15, 0.2) is 18.2 Å². The smallest absolute Gasteiger partial charge is 0.394 e. The van der Waals surface area contributed by atoms with Gasteiger partial charge in [0.1, 0.15) is 23.3 Å². The molecule has 2 aromatic rings. The summed E-state index contributed by atoms with van der Waals surface area (Å²) < 4.78 is 71.7. The van der Waals surface area contributed by atoms with Crippen LogP contribution in [0.25, 0.3) is 5.69 Å². The molecule has 158 valence electrons. The maximum Gasteiger partial charge on any atom is 0.394 e. The van der Waals surface area contributed by atoms with Crippen LogP contribution < -0.4 is 4.74 Å². The second-order valence-electron chi connectivity index (χ2n) is 7.22. The first-order chi connectivity index (χ1) is 13.4. The van der Waals surface area contributed by atoms with Gasteiger partial charge in [0.15, 0.2) is 0 Å². The minimum Gasteiger partial charge on any atom is -0.433 e. The SMILES string of the molecule is CCc1nc(CC)n(-c2ccc(CC(C)(C)C(F)(F)F)cc2OC(F)F)c1C#N. The lowest BCUT2D eigenvalue weighted by atomic mass is 9.85. The van der Waals surface area contributed by atoms with Crippen molar-refractivity contribution >= 4 is 0 Å². The van der Waals surface area contributed by atoms with Gasteiger partial charge in [-0.15, -0.1) is 0 Å². The lowest BCUT2D eigenvalue weighted by Gasteiger charge is -2.28. The van der Waals surface area contributed by atoms with Crippen molar-refractivity contribution in [2.24, 2.45) is 5.41 Å². The van der Waals surface area contributed by atoms with Crippen molar-refractivity contribution < 1.29 is 26.7 Å². The molecule has 0 atom stereocenters. The highest BCUT2D eigenvalue weighted by Gasteiger charge is 2.47. The van der Waals surface area contributed by atoms with Gasteiger partial charge in [-0.05, 0) is 30.5 Å². The van der Waals surface area contributed by atoms with Crippen molar-refractivity contribution in [2.45, 2.75) is 59.7 Å². The monoisotopic (exact) mass is 415 g/mol. The molecule has 1 aromatic carbocycles. The summed E-state index contributed by atoms with van der Waals surface area (Å²) in [5.41, 5.74) is -1.02. The highest BCUT2D eigenvalue weighted by atomic mass is 19.4. The molecule has 29 heavy (non-hydrogen) atoms. The number of alkyl halides is 5. The average molecular weight is 415 g/mol. The summed E-state index contributed by atoms with van der Waals surface area (Å²) in [4.78, 5) is 4.38. The van der Waals surface area contributed by atoms with Crippen LogP contribution in [0.1, 0.15) is 50.5 Å². The predicted molar refractivity (Wildman–Crippen MR) is 97.2 cm³/mol. The Labute approximate surface area is 165 Å². The van der Waals surface area contributed by atoms with E-state index in [-0.39, 0.29) is 22.7 Å². The van der Waals surface area contributed by atoms with Gasteiger partial charge in [-0.25, -0.2) is 4.98 Å². The lowest BCUT2D eigenvalue weighted by Crippen LogP contribution is -2.34. The number of nitriles is 1. The maximum absolute atomic E-state index is 13.2. The van der Waals surface area contributed by atoms with Crippen molar-refractivity contribution in [3.8, 4) is 17.5 Å². The molecular weight excluding hydrogens is 393 g/mol. The summed E-state index contributed by atoms with van der Waals surface area (Å²) in [7, 11) is 0. The first-order valence-corrected chi connectivity index (χ1v) is 9.10. The summed E-state index contributed by atoms with van der Waals surface area (Å²) >= 11 is 0. The number of ether oxygens (including phenoxy) is 1. The molecule has 1 aromatic heterocycles. The molecule has 1 heterocycles. The van der Waals surface area contributed by atoms with E-state index in [9.17, 15) is 27.2 Å². The summed E-state index contributed by atoms with van der Waals surface area (Å²) in [5, 5.41) is 9.55. The minimum atomic E-state index is -4.46. The fourth-order valence-electron chi connectivity index (χ4n) is 3.03. The van der Waals surface area contributed by atoms with Gasteiger partial charge >= 0.3 is 12.8 Å². The van der Waals surface area contributed by atoms with Gasteiger partial charge in [-0.3, -0.25) is 4.57 Å². The molecule has 0 N–H and O–H groups in total. The molecule has 0 amide bonds. The second-order valence-corrected chi connectivity index (χ2v) is 7.22. The van der Waals surface area contributed by atoms with E-state index in [0.29, 0.717) is 24.4 Å². The molecule has 0 spiro atoms. The van der Waals surface area contributed by atoms with Gasteiger partial charge in [-0.1, -0.05) is 33.8 Å². The molecule has 0 aliphatic carbocycles. The highest BCUT2D eigenvalue weighted by Crippen LogP contribution is 2.41. The van der Waals surface area contributed by atoms with Crippen LogP contribution in [-0.2, 0) is 19.3 Å². The standard InChI is InChI=1S/C20H22F5N3O/c1-5-13-15(11-26)28(17(6-2)27-13)14-8-7-12(9-16(14)29-18(21)22)10-19(3,4)20(23,24)25/h7-9,18H,5-6,10H2,1-4H3. The Morgan fingerprint density at radius 3 is 2.31 bits per heavy atom.